The zero-order valence-electron chi connectivity index (χ0n) is 19.3. The van der Waals surface area contributed by atoms with E-state index in [-0.39, 0.29) is 12.1 Å². The summed E-state index contributed by atoms with van der Waals surface area (Å²) in [6.45, 7) is 0. The van der Waals surface area contributed by atoms with E-state index in [1.54, 1.807) is 0 Å². The van der Waals surface area contributed by atoms with E-state index in [1.165, 1.54) is 0 Å². The van der Waals surface area contributed by atoms with Crippen LogP contribution in [0.2, 0.25) is 0 Å². The Morgan fingerprint density at radius 2 is 0.571 bits per heavy atom. The molecular weight excluding hydrogens is 616 g/mol. The summed E-state index contributed by atoms with van der Waals surface area (Å²) >= 11 is 0. The molecule has 0 heterocycles. The second-order valence-electron chi connectivity index (χ2n) is 8.16. The van der Waals surface area contributed by atoms with Gasteiger partial charge in [-0.15, -0.1) is 0 Å². The van der Waals surface area contributed by atoms with Crippen LogP contribution in [-0.2, 0) is 0 Å². The molecule has 4 aromatic carbocycles. The molecule has 0 unspecified atom stereocenters. The number of hydrogen-bond donors (Lipinski definition) is 2. The summed E-state index contributed by atoms with van der Waals surface area (Å²) in [5.74, 6) is -43.2. The maximum absolute atomic E-state index is 15.0. The molecule has 2 nitrogen and oxygen atoms in total. The second-order valence-corrected chi connectivity index (χ2v) is 8.16. The zero-order valence-corrected chi connectivity index (χ0v) is 19.3. The molecule has 0 radical (unpaired) electrons. The Hall–Kier alpha value is -4.19. The van der Waals surface area contributed by atoms with Gasteiger partial charge in [0.15, 0.2) is 69.8 Å². The minimum Gasteiger partial charge on any atom is -0.423 e. The molecule has 0 aliphatic carbocycles. The van der Waals surface area contributed by atoms with Gasteiger partial charge in [0.1, 0.15) is 0 Å². The minimum absolute atomic E-state index is 0.0238. The van der Waals surface area contributed by atoms with Crippen LogP contribution in [0.5, 0.6) is 0 Å². The summed E-state index contributed by atoms with van der Waals surface area (Å²) in [5, 5.41) is 19.5. The Kier molecular flexibility index (Phi) is 7.75. The van der Waals surface area contributed by atoms with Gasteiger partial charge in [-0.3, -0.25) is 0 Å². The lowest BCUT2D eigenvalue weighted by Gasteiger charge is -2.22. The van der Waals surface area contributed by atoms with Crippen LogP contribution in [0.4, 0.5) is 65.9 Å². The number of hydrogen-bond acceptors (Lipinski definition) is 2. The van der Waals surface area contributed by atoms with Crippen molar-refractivity contribution in [2.75, 3.05) is 0 Å². The standard InChI is InChI=1S/C24H4BF15O2/c26-10-6(11(27)17(33)22(38)16(10)32)3-1-2-4(25(41)42)7(9-14(30)20(36)24(40)21(37)15(9)31)5(3)8-12(28)18(34)23(39)19(35)13(8)29/h1-2,41-42H. The smallest absolute Gasteiger partial charge is 0.423 e. The van der Waals surface area contributed by atoms with E-state index in [1.807, 2.05) is 0 Å². The lowest BCUT2D eigenvalue weighted by molar-refractivity contribution is 0.380. The highest BCUT2D eigenvalue weighted by atomic mass is 19.2. The summed E-state index contributed by atoms with van der Waals surface area (Å²) in [6, 6.07) is 0.122. The quantitative estimate of drug-likeness (QED) is 0.119. The molecule has 0 aliphatic rings. The maximum atomic E-state index is 15.0. The predicted molar refractivity (Wildman–Crippen MR) is 112 cm³/mol. The molecule has 0 saturated heterocycles. The van der Waals surface area contributed by atoms with Crippen LogP contribution < -0.4 is 5.46 Å². The Balaban J connectivity index is 2.45. The first-order valence-corrected chi connectivity index (χ1v) is 10.6. The van der Waals surface area contributed by atoms with Gasteiger partial charge in [0, 0.05) is 5.56 Å². The molecule has 0 aromatic heterocycles. The second kappa shape index (κ2) is 10.6. The Morgan fingerprint density at radius 3 is 0.881 bits per heavy atom. The monoisotopic (exact) mass is 620 g/mol. The molecule has 0 aliphatic heterocycles. The van der Waals surface area contributed by atoms with Gasteiger partial charge in [0.05, 0.1) is 16.7 Å². The van der Waals surface area contributed by atoms with Gasteiger partial charge in [-0.2, -0.15) is 0 Å². The normalized spacial score (nSPS) is 11.5. The molecule has 0 atom stereocenters. The molecule has 4 aromatic rings. The fraction of sp³-hybridized carbons (Fsp3) is 0. The maximum Gasteiger partial charge on any atom is 0.489 e. The van der Waals surface area contributed by atoms with Gasteiger partial charge >= 0.3 is 7.12 Å². The Morgan fingerprint density at radius 1 is 0.310 bits per heavy atom. The van der Waals surface area contributed by atoms with E-state index in [0.29, 0.717) is 0 Å². The van der Waals surface area contributed by atoms with Crippen molar-refractivity contribution < 1.29 is 75.9 Å². The van der Waals surface area contributed by atoms with E-state index < -0.39 is 133 Å². The van der Waals surface area contributed by atoms with E-state index in [4.69, 9.17) is 0 Å². The zero-order chi connectivity index (χ0) is 31.7. The highest BCUT2D eigenvalue weighted by Crippen LogP contribution is 2.47. The van der Waals surface area contributed by atoms with Crippen LogP contribution in [0, 0.1) is 87.3 Å². The van der Waals surface area contributed by atoms with E-state index >= 15 is 8.78 Å². The first-order valence-electron chi connectivity index (χ1n) is 10.6. The topological polar surface area (TPSA) is 40.5 Å². The third-order valence-electron chi connectivity index (χ3n) is 5.91. The predicted octanol–water partition coefficient (Wildman–Crippen LogP) is 6.45. The fourth-order valence-corrected chi connectivity index (χ4v) is 4.06. The summed E-state index contributed by atoms with van der Waals surface area (Å²) in [6.07, 6.45) is 0. The van der Waals surface area contributed by atoms with E-state index in [2.05, 4.69) is 0 Å². The van der Waals surface area contributed by atoms with Gasteiger partial charge in [-0.1, -0.05) is 12.1 Å². The van der Waals surface area contributed by atoms with Crippen LogP contribution in [-0.4, -0.2) is 17.2 Å². The molecular formula is C24H4BF15O2. The molecule has 0 saturated carbocycles. The van der Waals surface area contributed by atoms with Crippen LogP contribution in [0.15, 0.2) is 12.1 Å². The van der Waals surface area contributed by atoms with Gasteiger partial charge in [-0.05, 0) is 16.6 Å². The SMILES string of the molecule is OB(O)c1ccc(-c2c(F)c(F)c(F)c(F)c2F)c(-c2c(F)c(F)c(F)c(F)c2F)c1-c1c(F)c(F)c(F)c(F)c1F. The largest absolute Gasteiger partial charge is 0.489 e. The van der Waals surface area contributed by atoms with Crippen molar-refractivity contribution in [3.8, 4) is 33.4 Å². The van der Waals surface area contributed by atoms with Crippen molar-refractivity contribution in [1.82, 2.24) is 0 Å². The number of rotatable bonds is 4. The van der Waals surface area contributed by atoms with Crippen molar-refractivity contribution in [1.29, 1.82) is 0 Å². The van der Waals surface area contributed by atoms with Crippen LogP contribution in [0.25, 0.3) is 33.4 Å². The average molecular weight is 620 g/mol. The molecule has 220 valence electrons. The third-order valence-corrected chi connectivity index (χ3v) is 5.91. The molecule has 0 bridgehead atoms. The van der Waals surface area contributed by atoms with Gasteiger partial charge in [0.25, 0.3) is 0 Å². The number of benzene rings is 4. The molecule has 4 rings (SSSR count). The third kappa shape index (κ3) is 4.27. The van der Waals surface area contributed by atoms with Crippen LogP contribution in [0.1, 0.15) is 0 Å². The molecule has 2 N–H and O–H groups in total. The van der Waals surface area contributed by atoms with Gasteiger partial charge < -0.3 is 10.0 Å². The van der Waals surface area contributed by atoms with Crippen molar-refractivity contribution in [2.45, 2.75) is 0 Å². The molecule has 0 amide bonds. The van der Waals surface area contributed by atoms with Gasteiger partial charge in [-0.25, -0.2) is 65.9 Å². The first-order chi connectivity index (χ1) is 19.5. The summed E-state index contributed by atoms with van der Waals surface area (Å²) in [5.41, 5.74) is -14.8. The molecule has 0 fully saturated rings. The van der Waals surface area contributed by atoms with Gasteiger partial charge in [0.2, 0.25) is 17.5 Å². The van der Waals surface area contributed by atoms with Crippen LogP contribution >= 0.6 is 0 Å². The highest BCUT2D eigenvalue weighted by Gasteiger charge is 2.38. The minimum atomic E-state index is -3.18. The van der Waals surface area contributed by atoms with Crippen molar-refractivity contribution in [3.63, 3.8) is 0 Å². The summed E-state index contributed by atoms with van der Waals surface area (Å²) < 4.78 is 216. The lowest BCUT2D eigenvalue weighted by atomic mass is 9.71. The summed E-state index contributed by atoms with van der Waals surface area (Å²) in [7, 11) is -3.18. The van der Waals surface area contributed by atoms with E-state index in [9.17, 15) is 67.1 Å². The Bertz CT molecular complexity index is 1740. The first kappa shape index (κ1) is 30.8. The summed E-state index contributed by atoms with van der Waals surface area (Å²) in [4.78, 5) is 0. The molecule has 18 heteroatoms. The van der Waals surface area contributed by atoms with Crippen molar-refractivity contribution in [2.24, 2.45) is 0 Å². The Labute approximate surface area is 222 Å². The lowest BCUT2D eigenvalue weighted by Crippen LogP contribution is -2.33. The number of halogens is 15. The fourth-order valence-electron chi connectivity index (χ4n) is 4.06. The van der Waals surface area contributed by atoms with Crippen LogP contribution in [0.3, 0.4) is 0 Å². The molecule has 42 heavy (non-hydrogen) atoms. The van der Waals surface area contributed by atoms with Crippen molar-refractivity contribution in [3.05, 3.63) is 99.4 Å². The highest BCUT2D eigenvalue weighted by molar-refractivity contribution is 6.61. The molecule has 0 spiro atoms. The average Bonchev–Trinajstić information content (AvgIpc) is 2.95. The van der Waals surface area contributed by atoms with Crippen molar-refractivity contribution >= 4 is 12.6 Å². The van der Waals surface area contributed by atoms with E-state index in [0.717, 1.165) is 0 Å².